The number of rotatable bonds is 5. The number of hydrogen-bond donors (Lipinski definition) is 2. The van der Waals surface area contributed by atoms with Gasteiger partial charge < -0.3 is 10.6 Å². The molecule has 1 aromatic heterocycles. The first kappa shape index (κ1) is 14.1. The number of hydrogen-bond acceptors (Lipinski definition) is 8. The quantitative estimate of drug-likeness (QED) is 0.630. The third kappa shape index (κ3) is 3.18. The summed E-state index contributed by atoms with van der Waals surface area (Å²) in [7, 11) is 1.49. The fourth-order valence-corrected chi connectivity index (χ4v) is 1.58. The second-order valence-corrected chi connectivity index (χ2v) is 3.87. The molecule has 108 valence electrons. The average molecular weight is 290 g/mol. The Morgan fingerprint density at radius 2 is 1.95 bits per heavy atom. The van der Waals surface area contributed by atoms with Crippen molar-refractivity contribution in [3.8, 4) is 0 Å². The molecular formula is C11H10N6O4. The van der Waals surface area contributed by atoms with Gasteiger partial charge in [0.15, 0.2) is 0 Å². The van der Waals surface area contributed by atoms with E-state index in [1.807, 2.05) is 0 Å². The molecule has 2 N–H and O–H groups in total. The minimum Gasteiger partial charge on any atom is -0.367 e. The van der Waals surface area contributed by atoms with Crippen LogP contribution in [0.2, 0.25) is 0 Å². The smallest absolute Gasteiger partial charge is 0.329 e. The summed E-state index contributed by atoms with van der Waals surface area (Å²) in [6.07, 6.45) is 1.05. The fraction of sp³-hybridized carbons (Fsp3) is 0.0909. The van der Waals surface area contributed by atoms with Gasteiger partial charge in [-0.15, -0.1) is 0 Å². The van der Waals surface area contributed by atoms with Crippen molar-refractivity contribution in [2.24, 2.45) is 0 Å². The van der Waals surface area contributed by atoms with Crippen LogP contribution < -0.4 is 10.6 Å². The Morgan fingerprint density at radius 3 is 2.57 bits per heavy atom. The monoisotopic (exact) mass is 290 g/mol. The van der Waals surface area contributed by atoms with Gasteiger partial charge in [0.2, 0.25) is 11.8 Å². The number of anilines is 3. The largest absolute Gasteiger partial charge is 0.367 e. The van der Waals surface area contributed by atoms with Crippen LogP contribution in [0, 0.1) is 20.2 Å². The molecule has 0 fully saturated rings. The zero-order valence-electron chi connectivity index (χ0n) is 10.8. The third-order valence-electron chi connectivity index (χ3n) is 2.52. The number of benzene rings is 1. The Labute approximate surface area is 118 Å². The van der Waals surface area contributed by atoms with Gasteiger partial charge in [-0.05, 0) is 6.07 Å². The van der Waals surface area contributed by atoms with Gasteiger partial charge >= 0.3 is 5.69 Å². The van der Waals surface area contributed by atoms with E-state index in [-0.39, 0.29) is 23.1 Å². The van der Waals surface area contributed by atoms with Crippen molar-refractivity contribution in [2.75, 3.05) is 17.7 Å². The highest BCUT2D eigenvalue weighted by Crippen LogP contribution is 2.24. The summed E-state index contributed by atoms with van der Waals surface area (Å²) >= 11 is 0. The molecule has 1 aromatic carbocycles. The zero-order chi connectivity index (χ0) is 15.4. The maximum atomic E-state index is 10.8. The summed E-state index contributed by atoms with van der Waals surface area (Å²) in [4.78, 5) is 28.1. The molecule has 0 atom stereocenters. The second kappa shape index (κ2) is 5.77. The molecule has 10 heteroatoms. The molecule has 0 radical (unpaired) electrons. The predicted octanol–water partition coefficient (Wildman–Crippen LogP) is 2.08. The minimum absolute atomic E-state index is 0.0444. The van der Waals surface area contributed by atoms with Crippen LogP contribution in [0.1, 0.15) is 0 Å². The maximum Gasteiger partial charge on any atom is 0.329 e. The lowest BCUT2D eigenvalue weighted by molar-refractivity contribution is -0.384. The standard InChI is InChI=1S/C11H10N6O4/c1-12-10-9(17(20)21)6-13-11(15-10)14-7-3-2-4-8(5-7)16(18)19/h2-6H,1H3,(H2,12,13,14,15). The Bertz CT molecular complexity index is 705. The lowest BCUT2D eigenvalue weighted by atomic mass is 10.3. The van der Waals surface area contributed by atoms with Crippen molar-refractivity contribution in [1.29, 1.82) is 0 Å². The third-order valence-corrected chi connectivity index (χ3v) is 2.52. The molecular weight excluding hydrogens is 280 g/mol. The highest BCUT2D eigenvalue weighted by molar-refractivity contribution is 5.62. The van der Waals surface area contributed by atoms with E-state index in [4.69, 9.17) is 0 Å². The van der Waals surface area contributed by atoms with Crippen LogP contribution in [0.25, 0.3) is 0 Å². The Kier molecular flexibility index (Phi) is 3.88. The van der Waals surface area contributed by atoms with Crippen LogP contribution in [-0.2, 0) is 0 Å². The molecule has 10 nitrogen and oxygen atoms in total. The molecule has 0 aliphatic carbocycles. The van der Waals surface area contributed by atoms with E-state index in [2.05, 4.69) is 20.6 Å². The van der Waals surface area contributed by atoms with Crippen molar-refractivity contribution >= 4 is 28.8 Å². The first-order chi connectivity index (χ1) is 10.0. The van der Waals surface area contributed by atoms with Gasteiger partial charge in [-0.25, -0.2) is 4.98 Å². The second-order valence-electron chi connectivity index (χ2n) is 3.87. The van der Waals surface area contributed by atoms with E-state index < -0.39 is 9.85 Å². The summed E-state index contributed by atoms with van der Waals surface area (Å²) < 4.78 is 0. The molecule has 2 rings (SSSR count). The molecule has 0 unspecified atom stereocenters. The minimum atomic E-state index is -0.608. The highest BCUT2D eigenvalue weighted by atomic mass is 16.6. The van der Waals surface area contributed by atoms with E-state index in [0.29, 0.717) is 5.69 Å². The van der Waals surface area contributed by atoms with E-state index in [1.54, 1.807) is 6.07 Å². The van der Waals surface area contributed by atoms with Gasteiger partial charge in [-0.2, -0.15) is 4.98 Å². The van der Waals surface area contributed by atoms with E-state index >= 15 is 0 Å². The van der Waals surface area contributed by atoms with Gasteiger partial charge in [0.25, 0.3) is 5.69 Å². The number of aromatic nitrogens is 2. The molecule has 0 spiro atoms. The number of nitrogens with zero attached hydrogens (tertiary/aromatic N) is 4. The molecule has 0 aliphatic heterocycles. The van der Waals surface area contributed by atoms with Crippen molar-refractivity contribution in [3.63, 3.8) is 0 Å². The summed E-state index contributed by atoms with van der Waals surface area (Å²) in [5, 5.41) is 26.8. The van der Waals surface area contributed by atoms with Crippen molar-refractivity contribution in [1.82, 2.24) is 9.97 Å². The molecule has 1 heterocycles. The van der Waals surface area contributed by atoms with Gasteiger partial charge in [0.1, 0.15) is 6.20 Å². The van der Waals surface area contributed by atoms with Gasteiger partial charge in [-0.3, -0.25) is 20.2 Å². The van der Waals surface area contributed by atoms with Crippen LogP contribution in [-0.4, -0.2) is 26.9 Å². The first-order valence-corrected chi connectivity index (χ1v) is 5.72. The lowest BCUT2D eigenvalue weighted by Gasteiger charge is -2.06. The maximum absolute atomic E-state index is 10.8. The molecule has 0 bridgehead atoms. The van der Waals surface area contributed by atoms with Crippen LogP contribution in [0.15, 0.2) is 30.5 Å². The molecule has 0 aliphatic rings. The number of nitro benzene ring substituents is 1. The van der Waals surface area contributed by atoms with Gasteiger partial charge in [-0.1, -0.05) is 6.07 Å². The summed E-state index contributed by atoms with van der Waals surface area (Å²) in [5.41, 5.74) is 0.0537. The zero-order valence-corrected chi connectivity index (χ0v) is 10.8. The summed E-state index contributed by atoms with van der Waals surface area (Å²) in [6, 6.07) is 5.76. The van der Waals surface area contributed by atoms with E-state index in [1.165, 1.54) is 25.2 Å². The first-order valence-electron chi connectivity index (χ1n) is 5.72. The molecule has 0 saturated heterocycles. The average Bonchev–Trinajstić information content (AvgIpc) is 2.47. The lowest BCUT2D eigenvalue weighted by Crippen LogP contribution is -2.04. The van der Waals surface area contributed by atoms with Crippen LogP contribution in [0.4, 0.5) is 28.8 Å². The fourth-order valence-electron chi connectivity index (χ4n) is 1.58. The van der Waals surface area contributed by atoms with Gasteiger partial charge in [0.05, 0.1) is 9.85 Å². The van der Waals surface area contributed by atoms with Crippen molar-refractivity contribution in [2.45, 2.75) is 0 Å². The van der Waals surface area contributed by atoms with Crippen LogP contribution in [0.5, 0.6) is 0 Å². The number of nitro groups is 2. The van der Waals surface area contributed by atoms with E-state index in [0.717, 1.165) is 6.20 Å². The Morgan fingerprint density at radius 1 is 1.19 bits per heavy atom. The Hall–Kier alpha value is -3.30. The van der Waals surface area contributed by atoms with Crippen molar-refractivity contribution < 1.29 is 9.85 Å². The van der Waals surface area contributed by atoms with Gasteiger partial charge in [0, 0.05) is 24.9 Å². The highest BCUT2D eigenvalue weighted by Gasteiger charge is 2.16. The topological polar surface area (TPSA) is 136 Å². The molecule has 0 amide bonds. The van der Waals surface area contributed by atoms with Crippen molar-refractivity contribution in [3.05, 3.63) is 50.7 Å². The molecule has 0 saturated carbocycles. The summed E-state index contributed by atoms with van der Waals surface area (Å²) in [5.74, 6) is 0.133. The number of non-ortho nitro benzene ring substituents is 1. The number of nitrogens with one attached hydrogen (secondary N) is 2. The summed E-state index contributed by atoms with van der Waals surface area (Å²) in [6.45, 7) is 0. The normalized spacial score (nSPS) is 9.95. The Balaban J connectivity index is 2.29. The van der Waals surface area contributed by atoms with Crippen LogP contribution >= 0.6 is 0 Å². The SMILES string of the molecule is CNc1nc(Nc2cccc([N+](=O)[O-])c2)ncc1[N+](=O)[O-]. The van der Waals surface area contributed by atoms with Crippen LogP contribution in [0.3, 0.4) is 0 Å². The van der Waals surface area contributed by atoms with E-state index in [9.17, 15) is 20.2 Å². The molecule has 2 aromatic rings. The predicted molar refractivity (Wildman–Crippen MR) is 74.6 cm³/mol. The molecule has 21 heavy (non-hydrogen) atoms.